The Morgan fingerprint density at radius 2 is 0.775 bits per heavy atom. The molecular weight excluding hydrogens is 865 g/mol. The van der Waals surface area contributed by atoms with Crippen LogP contribution in [-0.4, -0.2) is 0 Å². The second-order valence-electron chi connectivity index (χ2n) is 18.4. The molecule has 1 aliphatic rings. The third-order valence-corrected chi connectivity index (χ3v) is 14.5. The minimum absolute atomic E-state index is 0.563. The van der Waals surface area contributed by atoms with E-state index >= 15 is 0 Å². The van der Waals surface area contributed by atoms with Crippen molar-refractivity contribution < 1.29 is 8.83 Å². The maximum atomic E-state index is 6.77. The van der Waals surface area contributed by atoms with E-state index in [2.05, 4.69) is 252 Å². The topological polar surface area (TPSA) is 32.8 Å². The molecular formula is C67H44N2O2. The molecule has 0 fully saturated rings. The lowest BCUT2D eigenvalue weighted by molar-refractivity contribution is 0.668. The predicted octanol–water partition coefficient (Wildman–Crippen LogP) is 18.5. The van der Waals surface area contributed by atoms with Crippen LogP contribution in [0.15, 0.2) is 276 Å². The first-order valence-electron chi connectivity index (χ1n) is 24.2. The monoisotopic (exact) mass is 908 g/mol. The second-order valence-corrected chi connectivity index (χ2v) is 18.4. The number of hydrogen-bond acceptors (Lipinski definition) is 4. The molecule has 0 saturated carbocycles. The van der Waals surface area contributed by atoms with E-state index in [9.17, 15) is 0 Å². The van der Waals surface area contributed by atoms with Crippen LogP contribution in [0.2, 0.25) is 0 Å². The predicted molar refractivity (Wildman–Crippen MR) is 293 cm³/mol. The summed E-state index contributed by atoms with van der Waals surface area (Å²) in [6, 6.07) is 95.9. The number of rotatable bonds is 9. The molecule has 0 bridgehead atoms. The molecule has 14 rings (SSSR count). The number of fused-ring (bicyclic) bond motifs is 9. The van der Waals surface area contributed by atoms with Crippen LogP contribution in [0.1, 0.15) is 22.3 Å². The van der Waals surface area contributed by atoms with Gasteiger partial charge in [0.1, 0.15) is 16.7 Å². The van der Waals surface area contributed by atoms with E-state index in [-0.39, 0.29) is 0 Å². The van der Waals surface area contributed by atoms with Crippen LogP contribution < -0.4 is 9.80 Å². The van der Waals surface area contributed by atoms with Crippen LogP contribution in [0, 0.1) is 0 Å². The number of nitrogens with zero attached hydrogens (tertiary/aromatic N) is 2. The highest BCUT2D eigenvalue weighted by Crippen LogP contribution is 2.57. The summed E-state index contributed by atoms with van der Waals surface area (Å²) in [4.78, 5) is 4.72. The quantitative estimate of drug-likeness (QED) is 0.144. The zero-order chi connectivity index (χ0) is 46.9. The first-order chi connectivity index (χ1) is 35.2. The fourth-order valence-corrected chi connectivity index (χ4v) is 11.5. The summed E-state index contributed by atoms with van der Waals surface area (Å²) in [5.41, 5.74) is 18.6. The molecule has 334 valence electrons. The van der Waals surface area contributed by atoms with Crippen molar-refractivity contribution >= 4 is 78.0 Å². The molecule has 4 heteroatoms. The van der Waals surface area contributed by atoms with Crippen molar-refractivity contribution in [2.45, 2.75) is 5.41 Å². The Bertz CT molecular complexity index is 4090. The highest BCUT2D eigenvalue weighted by molar-refractivity contribution is 6.11. The third-order valence-electron chi connectivity index (χ3n) is 14.5. The molecule has 0 unspecified atom stereocenters. The second kappa shape index (κ2) is 16.4. The first-order valence-corrected chi connectivity index (χ1v) is 24.2. The van der Waals surface area contributed by atoms with Gasteiger partial charge in [0.15, 0.2) is 5.58 Å². The van der Waals surface area contributed by atoms with Crippen molar-refractivity contribution in [2.75, 3.05) is 9.80 Å². The van der Waals surface area contributed by atoms with E-state index in [0.29, 0.717) is 0 Å². The molecule has 2 heterocycles. The molecule has 0 aliphatic heterocycles. The summed E-state index contributed by atoms with van der Waals surface area (Å²) in [6.07, 6.45) is 0. The number of hydrogen-bond donors (Lipinski definition) is 0. The average Bonchev–Trinajstić information content (AvgIpc) is 4.11. The molecule has 71 heavy (non-hydrogen) atoms. The van der Waals surface area contributed by atoms with Gasteiger partial charge < -0.3 is 18.6 Å². The Morgan fingerprint density at radius 1 is 0.282 bits per heavy atom. The van der Waals surface area contributed by atoms with Crippen molar-refractivity contribution in [3.63, 3.8) is 0 Å². The lowest BCUT2D eigenvalue weighted by Crippen LogP contribution is -2.28. The molecule has 4 nitrogen and oxygen atoms in total. The van der Waals surface area contributed by atoms with E-state index < -0.39 is 5.41 Å². The molecule has 0 radical (unpaired) electrons. The Labute approximate surface area is 411 Å². The summed E-state index contributed by atoms with van der Waals surface area (Å²) in [6.45, 7) is 0. The van der Waals surface area contributed by atoms with Crippen molar-refractivity contribution in [3.8, 4) is 22.3 Å². The van der Waals surface area contributed by atoms with Gasteiger partial charge in [0, 0.05) is 55.9 Å². The van der Waals surface area contributed by atoms with Crippen molar-refractivity contribution in [1.29, 1.82) is 0 Å². The van der Waals surface area contributed by atoms with Crippen LogP contribution in [0.5, 0.6) is 0 Å². The summed E-state index contributed by atoms with van der Waals surface area (Å²) in [5, 5.41) is 4.35. The fourth-order valence-electron chi connectivity index (χ4n) is 11.5. The van der Waals surface area contributed by atoms with Gasteiger partial charge in [0.2, 0.25) is 0 Å². The minimum Gasteiger partial charge on any atom is -0.456 e. The van der Waals surface area contributed by atoms with Crippen LogP contribution in [0.3, 0.4) is 0 Å². The van der Waals surface area contributed by atoms with Gasteiger partial charge in [-0.15, -0.1) is 0 Å². The molecule has 0 atom stereocenters. The van der Waals surface area contributed by atoms with Gasteiger partial charge in [0.05, 0.1) is 16.8 Å². The molecule has 0 saturated heterocycles. The number of furan rings is 2. The third kappa shape index (κ3) is 6.39. The molecule has 1 aliphatic carbocycles. The van der Waals surface area contributed by atoms with E-state index in [1.807, 2.05) is 24.3 Å². The highest BCUT2D eigenvalue weighted by Gasteiger charge is 2.46. The van der Waals surface area contributed by atoms with Gasteiger partial charge in [-0.2, -0.15) is 0 Å². The van der Waals surface area contributed by atoms with Crippen LogP contribution in [0.25, 0.3) is 66.1 Å². The number of anilines is 6. The Kier molecular flexibility index (Phi) is 9.39. The van der Waals surface area contributed by atoms with Gasteiger partial charge >= 0.3 is 0 Å². The molecule has 13 aromatic rings. The van der Waals surface area contributed by atoms with Crippen molar-refractivity contribution in [1.82, 2.24) is 0 Å². The van der Waals surface area contributed by atoms with Gasteiger partial charge in [-0.3, -0.25) is 0 Å². The number of benzene rings is 11. The molecule has 0 amide bonds. The standard InChI is InChI=1S/C67H44N2O2/c1-3-19-45(20-4-1)52-25-9-14-33-61(52)69(62-34-18-30-58-56-29-11-16-36-64(56)71-66(58)62)49-39-37-48(38-40-49)68(51-41-42-57-55-28-10-15-35-63(55)70-65(57)44-51)50-24-17-23-47(43-50)67(46-21-5-2-6-22-46)59-31-12-7-26-53(59)54-27-8-13-32-60(54)67/h1-44H. The summed E-state index contributed by atoms with van der Waals surface area (Å²) in [5.74, 6) is 0. The maximum absolute atomic E-state index is 6.77. The van der Waals surface area contributed by atoms with E-state index in [0.717, 1.165) is 89.1 Å². The summed E-state index contributed by atoms with van der Waals surface area (Å²) < 4.78 is 13.3. The zero-order valence-corrected chi connectivity index (χ0v) is 38.6. The Balaban J connectivity index is 0.978. The van der Waals surface area contributed by atoms with Crippen molar-refractivity contribution in [2.24, 2.45) is 0 Å². The van der Waals surface area contributed by atoms with E-state index in [1.54, 1.807) is 0 Å². The summed E-state index contributed by atoms with van der Waals surface area (Å²) in [7, 11) is 0. The van der Waals surface area contributed by atoms with Gasteiger partial charge in [-0.25, -0.2) is 0 Å². The van der Waals surface area contributed by atoms with Gasteiger partial charge in [0.25, 0.3) is 0 Å². The van der Waals surface area contributed by atoms with Crippen LogP contribution >= 0.6 is 0 Å². The van der Waals surface area contributed by atoms with Gasteiger partial charge in [-0.05, 0) is 112 Å². The largest absolute Gasteiger partial charge is 0.456 e. The Hall–Kier alpha value is -9.38. The fraction of sp³-hybridized carbons (Fsp3) is 0.0149. The molecule has 11 aromatic carbocycles. The smallest absolute Gasteiger partial charge is 0.159 e. The summed E-state index contributed by atoms with van der Waals surface area (Å²) >= 11 is 0. The molecule has 0 spiro atoms. The molecule has 0 N–H and O–H groups in total. The maximum Gasteiger partial charge on any atom is 0.159 e. The van der Waals surface area contributed by atoms with Crippen molar-refractivity contribution in [3.05, 3.63) is 289 Å². The van der Waals surface area contributed by atoms with Crippen LogP contribution in [-0.2, 0) is 5.41 Å². The number of para-hydroxylation sites is 4. The highest BCUT2D eigenvalue weighted by atomic mass is 16.3. The first kappa shape index (κ1) is 40.7. The van der Waals surface area contributed by atoms with Crippen LogP contribution in [0.4, 0.5) is 34.1 Å². The lowest BCUT2D eigenvalue weighted by Gasteiger charge is -2.35. The SMILES string of the molecule is c1ccc(-c2ccccc2N(c2ccc(N(c3cccc(C4(c5ccccc5)c5ccccc5-c5ccccc54)c3)c3ccc4c(c3)oc3ccccc34)cc2)c2cccc3c2oc2ccccc23)cc1. The zero-order valence-electron chi connectivity index (χ0n) is 38.6. The average molecular weight is 909 g/mol. The minimum atomic E-state index is -0.563. The Morgan fingerprint density at radius 3 is 1.51 bits per heavy atom. The van der Waals surface area contributed by atoms with E-state index in [1.165, 1.54) is 33.4 Å². The van der Waals surface area contributed by atoms with Gasteiger partial charge in [-0.1, -0.05) is 188 Å². The van der Waals surface area contributed by atoms with E-state index in [4.69, 9.17) is 8.83 Å². The lowest BCUT2D eigenvalue weighted by atomic mass is 9.67. The molecule has 2 aromatic heterocycles. The normalized spacial score (nSPS) is 12.6.